The van der Waals surface area contributed by atoms with Crippen LogP contribution in [0.4, 0.5) is 5.13 Å². The molecule has 0 aromatic carbocycles. The maximum absolute atomic E-state index is 5.62. The standard InChI is InChI=1S/C8H13N3S.CH4N2S/c9-4-5-1-2-6-7(3-5)12-8(10)11-6;2-1(3)4/h5H,1-4,9H2,(H2,10,11);(H4,2,3,4). The largest absolute Gasteiger partial charge is 0.377 e. The molecule has 5 nitrogen and oxygen atoms in total. The molecule has 1 heterocycles. The number of anilines is 1. The third-order valence-electron chi connectivity index (χ3n) is 2.39. The van der Waals surface area contributed by atoms with E-state index in [0.717, 1.165) is 19.4 Å². The summed E-state index contributed by atoms with van der Waals surface area (Å²) in [5.74, 6) is 0.650. The van der Waals surface area contributed by atoms with Crippen LogP contribution in [0.15, 0.2) is 0 Å². The van der Waals surface area contributed by atoms with E-state index in [1.165, 1.54) is 17.0 Å². The predicted molar refractivity (Wildman–Crippen MR) is 72.1 cm³/mol. The van der Waals surface area contributed by atoms with E-state index < -0.39 is 0 Å². The Labute approximate surface area is 104 Å². The van der Waals surface area contributed by atoms with Gasteiger partial charge in [-0.2, -0.15) is 0 Å². The highest BCUT2D eigenvalue weighted by atomic mass is 32.1. The van der Waals surface area contributed by atoms with Crippen molar-refractivity contribution in [3.63, 3.8) is 0 Å². The lowest BCUT2D eigenvalue weighted by Gasteiger charge is -2.18. The zero-order valence-corrected chi connectivity index (χ0v) is 10.6. The number of thiazole rings is 1. The van der Waals surface area contributed by atoms with Gasteiger partial charge in [-0.3, -0.25) is 0 Å². The molecule has 8 N–H and O–H groups in total. The molecular formula is C9H17N5S2. The zero-order chi connectivity index (χ0) is 12.1. The molecule has 0 radical (unpaired) electrons. The molecule has 0 amide bonds. The summed E-state index contributed by atoms with van der Waals surface area (Å²) in [4.78, 5) is 5.63. The highest BCUT2D eigenvalue weighted by Crippen LogP contribution is 2.30. The SMILES string of the molecule is NC(N)=S.NCC1CCc2nc(N)sc2C1. The third kappa shape index (κ3) is 3.92. The van der Waals surface area contributed by atoms with Gasteiger partial charge < -0.3 is 22.9 Å². The monoisotopic (exact) mass is 259 g/mol. The van der Waals surface area contributed by atoms with Crippen molar-refractivity contribution in [2.75, 3.05) is 12.3 Å². The van der Waals surface area contributed by atoms with Crippen molar-refractivity contribution < 1.29 is 0 Å². The zero-order valence-electron chi connectivity index (χ0n) is 8.98. The lowest BCUT2D eigenvalue weighted by atomic mass is 9.91. The molecule has 0 spiro atoms. The van der Waals surface area contributed by atoms with E-state index >= 15 is 0 Å². The highest BCUT2D eigenvalue weighted by Gasteiger charge is 2.20. The van der Waals surface area contributed by atoms with Crippen molar-refractivity contribution in [1.29, 1.82) is 0 Å². The number of aryl methyl sites for hydroxylation is 1. The number of nitrogen functional groups attached to an aromatic ring is 1. The molecule has 1 aliphatic rings. The predicted octanol–water partition coefficient (Wildman–Crippen LogP) is -0.0224. The van der Waals surface area contributed by atoms with Crippen LogP contribution in [-0.4, -0.2) is 16.6 Å². The van der Waals surface area contributed by atoms with Gasteiger partial charge in [0.2, 0.25) is 0 Å². The molecule has 7 heteroatoms. The normalized spacial score (nSPS) is 18.2. The van der Waals surface area contributed by atoms with Crippen molar-refractivity contribution in [2.24, 2.45) is 23.1 Å². The Bertz CT molecular complexity index is 359. The minimum absolute atomic E-state index is 0.000000000000000222. The molecule has 0 bridgehead atoms. The van der Waals surface area contributed by atoms with Crippen LogP contribution in [0.1, 0.15) is 17.0 Å². The Balaban J connectivity index is 0.000000280. The third-order valence-corrected chi connectivity index (χ3v) is 3.34. The summed E-state index contributed by atoms with van der Waals surface area (Å²) in [7, 11) is 0. The average Bonchev–Trinajstić information content (AvgIpc) is 2.55. The lowest BCUT2D eigenvalue weighted by molar-refractivity contribution is 0.470. The molecule has 0 fully saturated rings. The van der Waals surface area contributed by atoms with Crippen LogP contribution in [0.3, 0.4) is 0 Å². The molecule has 16 heavy (non-hydrogen) atoms. The van der Waals surface area contributed by atoms with Gasteiger partial charge in [0.1, 0.15) is 0 Å². The molecule has 1 aliphatic carbocycles. The second-order valence-electron chi connectivity index (χ2n) is 3.67. The maximum atomic E-state index is 5.62. The Morgan fingerprint density at radius 2 is 2.12 bits per heavy atom. The Morgan fingerprint density at radius 3 is 2.69 bits per heavy atom. The second-order valence-corrected chi connectivity index (χ2v) is 5.26. The summed E-state index contributed by atoms with van der Waals surface area (Å²) in [6, 6.07) is 0. The minimum atomic E-state index is 0.000000000000000222. The van der Waals surface area contributed by atoms with Crippen molar-refractivity contribution in [3.8, 4) is 0 Å². The molecule has 0 aliphatic heterocycles. The molecule has 2 rings (SSSR count). The molecular weight excluding hydrogens is 242 g/mol. The van der Waals surface area contributed by atoms with E-state index in [-0.39, 0.29) is 5.11 Å². The summed E-state index contributed by atoms with van der Waals surface area (Å²) in [6.07, 6.45) is 3.32. The molecule has 1 aromatic heterocycles. The number of thiocarbonyl (C=S) groups is 1. The summed E-state index contributed by atoms with van der Waals surface area (Å²) in [5, 5.41) is 0.706. The molecule has 90 valence electrons. The first-order chi connectivity index (χ1) is 7.52. The fourth-order valence-corrected chi connectivity index (χ4v) is 2.66. The van der Waals surface area contributed by atoms with Crippen LogP contribution >= 0.6 is 23.6 Å². The Kier molecular flexibility index (Phi) is 4.91. The topological polar surface area (TPSA) is 117 Å². The maximum Gasteiger partial charge on any atom is 0.180 e. The number of rotatable bonds is 1. The van der Waals surface area contributed by atoms with Gasteiger partial charge in [-0.1, -0.05) is 0 Å². The van der Waals surface area contributed by atoms with Gasteiger partial charge in [0.15, 0.2) is 10.2 Å². The fourth-order valence-electron chi connectivity index (χ4n) is 1.66. The molecule has 1 unspecified atom stereocenters. The Hall–Kier alpha value is -0.920. The van der Waals surface area contributed by atoms with E-state index in [1.54, 1.807) is 11.3 Å². The number of hydrogen-bond donors (Lipinski definition) is 4. The fraction of sp³-hybridized carbons (Fsp3) is 0.556. The first-order valence-electron chi connectivity index (χ1n) is 5.02. The molecule has 0 saturated heterocycles. The Morgan fingerprint density at radius 1 is 1.50 bits per heavy atom. The van der Waals surface area contributed by atoms with E-state index in [0.29, 0.717) is 11.0 Å². The van der Waals surface area contributed by atoms with Crippen LogP contribution in [0.5, 0.6) is 0 Å². The van der Waals surface area contributed by atoms with Gasteiger partial charge in [-0.25, -0.2) is 4.98 Å². The van der Waals surface area contributed by atoms with Gasteiger partial charge in [0.05, 0.1) is 5.69 Å². The summed E-state index contributed by atoms with van der Waals surface area (Å²) >= 11 is 5.71. The molecule has 1 aromatic rings. The van der Waals surface area contributed by atoms with Crippen LogP contribution in [0, 0.1) is 5.92 Å². The lowest BCUT2D eigenvalue weighted by Crippen LogP contribution is -2.21. The first kappa shape index (κ1) is 13.1. The van der Waals surface area contributed by atoms with Gasteiger partial charge in [0, 0.05) is 4.88 Å². The van der Waals surface area contributed by atoms with Crippen LogP contribution in [0.25, 0.3) is 0 Å². The molecule has 1 atom stereocenters. The van der Waals surface area contributed by atoms with E-state index in [4.69, 9.17) is 11.5 Å². The average molecular weight is 259 g/mol. The number of nitrogens with two attached hydrogens (primary N) is 4. The van der Waals surface area contributed by atoms with E-state index in [9.17, 15) is 0 Å². The van der Waals surface area contributed by atoms with Crippen LogP contribution in [0.2, 0.25) is 0 Å². The van der Waals surface area contributed by atoms with Crippen LogP contribution in [-0.2, 0) is 12.8 Å². The summed E-state index contributed by atoms with van der Waals surface area (Å²) in [5.41, 5.74) is 21.7. The van der Waals surface area contributed by atoms with Gasteiger partial charge in [-0.05, 0) is 43.9 Å². The van der Waals surface area contributed by atoms with Crippen LogP contribution < -0.4 is 22.9 Å². The van der Waals surface area contributed by atoms with E-state index in [2.05, 4.69) is 28.7 Å². The van der Waals surface area contributed by atoms with Crippen molar-refractivity contribution in [2.45, 2.75) is 19.3 Å². The van der Waals surface area contributed by atoms with E-state index in [1.807, 2.05) is 0 Å². The second kappa shape index (κ2) is 5.97. The smallest absolute Gasteiger partial charge is 0.180 e. The number of fused-ring (bicyclic) bond motifs is 1. The van der Waals surface area contributed by atoms with Crippen molar-refractivity contribution in [1.82, 2.24) is 4.98 Å². The quantitative estimate of drug-likeness (QED) is 0.526. The minimum Gasteiger partial charge on any atom is -0.377 e. The van der Waals surface area contributed by atoms with Gasteiger partial charge in [0.25, 0.3) is 0 Å². The summed E-state index contributed by atoms with van der Waals surface area (Å²) in [6.45, 7) is 0.789. The number of nitrogens with zero attached hydrogens (tertiary/aromatic N) is 1. The first-order valence-corrected chi connectivity index (χ1v) is 6.24. The summed E-state index contributed by atoms with van der Waals surface area (Å²) < 4.78 is 0. The van der Waals surface area contributed by atoms with Crippen molar-refractivity contribution >= 4 is 33.8 Å². The number of aromatic nitrogens is 1. The van der Waals surface area contributed by atoms with Gasteiger partial charge >= 0.3 is 0 Å². The highest BCUT2D eigenvalue weighted by molar-refractivity contribution is 7.80. The molecule has 0 saturated carbocycles. The number of hydrogen-bond acceptors (Lipinski definition) is 5. The van der Waals surface area contributed by atoms with Gasteiger partial charge in [-0.15, -0.1) is 11.3 Å². The van der Waals surface area contributed by atoms with Crippen molar-refractivity contribution in [3.05, 3.63) is 10.6 Å².